The number of rotatable bonds is 4. The molecule has 0 bridgehead atoms. The van der Waals surface area contributed by atoms with E-state index in [1.54, 1.807) is 0 Å². The standard InChI is InChI=1S/C17H26N2O/c1-13-5-4-6-15(11-13)7-8-17(20)19-10-9-16(18-3)14(2)12-19/h4-6,11,14,16,18H,7-10,12H2,1-3H3. The Morgan fingerprint density at radius 1 is 1.45 bits per heavy atom. The van der Waals surface area contributed by atoms with Gasteiger partial charge in [0.25, 0.3) is 0 Å². The van der Waals surface area contributed by atoms with Crippen LogP contribution in [-0.2, 0) is 11.2 Å². The van der Waals surface area contributed by atoms with Crippen molar-refractivity contribution in [2.45, 2.75) is 39.2 Å². The van der Waals surface area contributed by atoms with E-state index in [-0.39, 0.29) is 0 Å². The summed E-state index contributed by atoms with van der Waals surface area (Å²) in [4.78, 5) is 14.3. The van der Waals surface area contributed by atoms with Crippen LogP contribution in [0.25, 0.3) is 0 Å². The molecule has 2 rings (SSSR count). The van der Waals surface area contributed by atoms with Crippen LogP contribution in [0.15, 0.2) is 24.3 Å². The first-order valence-corrected chi connectivity index (χ1v) is 7.60. The molecule has 0 saturated carbocycles. The molecule has 1 amide bonds. The molecule has 1 N–H and O–H groups in total. The van der Waals surface area contributed by atoms with Gasteiger partial charge < -0.3 is 10.2 Å². The van der Waals surface area contributed by atoms with Crippen LogP contribution in [0.4, 0.5) is 0 Å². The third kappa shape index (κ3) is 3.83. The van der Waals surface area contributed by atoms with Crippen molar-refractivity contribution in [1.82, 2.24) is 10.2 Å². The Labute approximate surface area is 122 Å². The maximum absolute atomic E-state index is 12.3. The minimum Gasteiger partial charge on any atom is -0.342 e. The molecule has 1 aliphatic heterocycles. The second-order valence-corrected chi connectivity index (χ2v) is 5.99. The van der Waals surface area contributed by atoms with Gasteiger partial charge in [-0.25, -0.2) is 0 Å². The van der Waals surface area contributed by atoms with Gasteiger partial charge in [0.15, 0.2) is 0 Å². The Balaban J connectivity index is 1.83. The van der Waals surface area contributed by atoms with Crippen LogP contribution in [0.1, 0.15) is 30.9 Å². The van der Waals surface area contributed by atoms with Crippen molar-refractivity contribution in [3.63, 3.8) is 0 Å². The maximum Gasteiger partial charge on any atom is 0.222 e. The first-order valence-electron chi connectivity index (χ1n) is 7.60. The lowest BCUT2D eigenvalue weighted by Gasteiger charge is -2.36. The molecule has 0 spiro atoms. The van der Waals surface area contributed by atoms with Crippen molar-refractivity contribution in [1.29, 1.82) is 0 Å². The van der Waals surface area contributed by atoms with Crippen molar-refractivity contribution in [2.75, 3.05) is 20.1 Å². The molecular formula is C17H26N2O. The summed E-state index contributed by atoms with van der Waals surface area (Å²) < 4.78 is 0. The summed E-state index contributed by atoms with van der Waals surface area (Å²) in [7, 11) is 2.01. The molecule has 1 aromatic carbocycles. The highest BCUT2D eigenvalue weighted by atomic mass is 16.2. The van der Waals surface area contributed by atoms with E-state index in [4.69, 9.17) is 0 Å². The molecule has 2 unspecified atom stereocenters. The van der Waals surface area contributed by atoms with E-state index in [9.17, 15) is 4.79 Å². The Kier molecular flexibility index (Phi) is 5.18. The first-order chi connectivity index (χ1) is 9.60. The molecule has 1 saturated heterocycles. The molecule has 1 heterocycles. The molecular weight excluding hydrogens is 248 g/mol. The maximum atomic E-state index is 12.3. The lowest BCUT2D eigenvalue weighted by atomic mass is 9.93. The van der Waals surface area contributed by atoms with Crippen LogP contribution in [-0.4, -0.2) is 37.0 Å². The number of piperidine rings is 1. The van der Waals surface area contributed by atoms with Gasteiger partial charge in [-0.3, -0.25) is 4.79 Å². The van der Waals surface area contributed by atoms with Gasteiger partial charge in [-0.2, -0.15) is 0 Å². The topological polar surface area (TPSA) is 32.3 Å². The summed E-state index contributed by atoms with van der Waals surface area (Å²) in [5.74, 6) is 0.838. The third-order valence-corrected chi connectivity index (χ3v) is 4.34. The lowest BCUT2D eigenvalue weighted by molar-refractivity contribution is -0.133. The molecule has 0 radical (unpaired) electrons. The Bertz CT molecular complexity index is 458. The smallest absolute Gasteiger partial charge is 0.222 e. The zero-order valence-corrected chi connectivity index (χ0v) is 12.9. The SMILES string of the molecule is CNC1CCN(C(=O)CCc2cccc(C)c2)CC1C. The van der Waals surface area contributed by atoms with Crippen molar-refractivity contribution in [3.05, 3.63) is 35.4 Å². The second-order valence-electron chi connectivity index (χ2n) is 5.99. The quantitative estimate of drug-likeness (QED) is 0.914. The highest BCUT2D eigenvalue weighted by Gasteiger charge is 2.27. The van der Waals surface area contributed by atoms with Crippen molar-refractivity contribution >= 4 is 5.91 Å². The van der Waals surface area contributed by atoms with Gasteiger partial charge in [0, 0.05) is 25.6 Å². The highest BCUT2D eigenvalue weighted by molar-refractivity contribution is 5.76. The molecule has 110 valence electrons. The van der Waals surface area contributed by atoms with Gasteiger partial charge in [-0.05, 0) is 38.3 Å². The van der Waals surface area contributed by atoms with E-state index in [2.05, 4.69) is 43.4 Å². The van der Waals surface area contributed by atoms with Crippen molar-refractivity contribution in [2.24, 2.45) is 5.92 Å². The van der Waals surface area contributed by atoms with Crippen LogP contribution in [0.5, 0.6) is 0 Å². The number of hydrogen-bond acceptors (Lipinski definition) is 2. The van der Waals surface area contributed by atoms with Gasteiger partial charge in [0.2, 0.25) is 5.91 Å². The number of benzene rings is 1. The zero-order valence-electron chi connectivity index (χ0n) is 12.9. The zero-order chi connectivity index (χ0) is 14.5. The molecule has 0 aliphatic carbocycles. The number of hydrogen-bond donors (Lipinski definition) is 1. The Morgan fingerprint density at radius 3 is 2.90 bits per heavy atom. The number of nitrogens with one attached hydrogen (secondary N) is 1. The van der Waals surface area contributed by atoms with Crippen molar-refractivity contribution < 1.29 is 4.79 Å². The van der Waals surface area contributed by atoms with E-state index in [0.29, 0.717) is 24.3 Å². The van der Waals surface area contributed by atoms with Gasteiger partial charge in [0.05, 0.1) is 0 Å². The van der Waals surface area contributed by atoms with Crippen LogP contribution in [0.2, 0.25) is 0 Å². The van der Waals surface area contributed by atoms with Crippen molar-refractivity contribution in [3.8, 4) is 0 Å². The average Bonchev–Trinajstić information content (AvgIpc) is 2.44. The molecule has 1 fully saturated rings. The van der Waals surface area contributed by atoms with Crippen LogP contribution < -0.4 is 5.32 Å². The number of likely N-dealkylation sites (tertiary alicyclic amines) is 1. The number of carbonyl (C=O) groups excluding carboxylic acids is 1. The number of nitrogens with zero attached hydrogens (tertiary/aromatic N) is 1. The van der Waals surface area contributed by atoms with Crippen LogP contribution in [0, 0.1) is 12.8 Å². The molecule has 3 nitrogen and oxygen atoms in total. The fourth-order valence-electron chi connectivity index (χ4n) is 3.08. The fourth-order valence-corrected chi connectivity index (χ4v) is 3.08. The summed E-state index contributed by atoms with van der Waals surface area (Å²) >= 11 is 0. The van der Waals surface area contributed by atoms with Gasteiger partial charge in [0.1, 0.15) is 0 Å². The molecule has 0 aromatic heterocycles. The molecule has 1 aromatic rings. The monoisotopic (exact) mass is 274 g/mol. The van der Waals surface area contributed by atoms with Crippen LogP contribution in [0.3, 0.4) is 0 Å². The second kappa shape index (κ2) is 6.89. The summed E-state index contributed by atoms with van der Waals surface area (Å²) in [6.07, 6.45) is 2.54. The number of aryl methyl sites for hydroxylation is 2. The number of amides is 1. The first kappa shape index (κ1) is 15.0. The van der Waals surface area contributed by atoms with Gasteiger partial charge >= 0.3 is 0 Å². The summed E-state index contributed by atoms with van der Waals surface area (Å²) in [5, 5.41) is 3.34. The van der Waals surface area contributed by atoms with Gasteiger partial charge in [-0.1, -0.05) is 36.8 Å². The predicted molar refractivity (Wildman–Crippen MR) is 82.7 cm³/mol. The number of carbonyl (C=O) groups is 1. The Hall–Kier alpha value is -1.35. The Morgan fingerprint density at radius 2 is 2.25 bits per heavy atom. The van der Waals surface area contributed by atoms with E-state index in [0.717, 1.165) is 25.9 Å². The van der Waals surface area contributed by atoms with E-state index in [1.807, 2.05) is 11.9 Å². The summed E-state index contributed by atoms with van der Waals surface area (Å²) in [6.45, 7) is 6.09. The van der Waals surface area contributed by atoms with Crippen LogP contribution >= 0.6 is 0 Å². The van der Waals surface area contributed by atoms with E-state index in [1.165, 1.54) is 11.1 Å². The summed E-state index contributed by atoms with van der Waals surface area (Å²) in [6, 6.07) is 8.99. The van der Waals surface area contributed by atoms with E-state index < -0.39 is 0 Å². The predicted octanol–water partition coefficient (Wildman–Crippen LogP) is 2.38. The fraction of sp³-hybridized carbons (Fsp3) is 0.588. The largest absolute Gasteiger partial charge is 0.342 e. The minimum atomic E-state index is 0.299. The molecule has 1 aliphatic rings. The van der Waals surface area contributed by atoms with E-state index >= 15 is 0 Å². The molecule has 2 atom stereocenters. The normalized spacial score (nSPS) is 22.9. The minimum absolute atomic E-state index is 0.299. The third-order valence-electron chi connectivity index (χ3n) is 4.34. The summed E-state index contributed by atoms with van der Waals surface area (Å²) in [5.41, 5.74) is 2.52. The average molecular weight is 274 g/mol. The van der Waals surface area contributed by atoms with Gasteiger partial charge in [-0.15, -0.1) is 0 Å². The highest BCUT2D eigenvalue weighted by Crippen LogP contribution is 2.18. The lowest BCUT2D eigenvalue weighted by Crippen LogP contribution is -2.49. The molecule has 3 heteroatoms. The molecule has 20 heavy (non-hydrogen) atoms.